The van der Waals surface area contributed by atoms with Crippen LogP contribution in [-0.4, -0.2) is 158 Å². The third kappa shape index (κ3) is 5.52. The minimum atomic E-state index is -1.76. The molecule has 3 rings (SSSR count). The molecule has 3 saturated heterocycles. The Bertz CT molecular complexity index is 646. The zero-order valence-corrected chi connectivity index (χ0v) is 18.0. The van der Waals surface area contributed by atoms with Gasteiger partial charge in [-0.3, -0.25) is 0 Å². The third-order valence-corrected chi connectivity index (χ3v) is 6.23. The molecule has 3 aliphatic rings. The number of aliphatic hydroxyl groups excluding tert-OH is 9. The lowest BCUT2D eigenvalue weighted by atomic mass is 9.96. The van der Waals surface area contributed by atoms with E-state index < -0.39 is 112 Å². The van der Waals surface area contributed by atoms with Crippen molar-refractivity contribution in [3.05, 3.63) is 0 Å². The summed E-state index contributed by atoms with van der Waals surface area (Å²) in [6, 6.07) is -2.53. The molecule has 3 fully saturated rings. The second-order valence-electron chi connectivity index (χ2n) is 8.55. The van der Waals surface area contributed by atoms with Crippen molar-refractivity contribution < 1.29 is 69.6 Å². The maximum atomic E-state index is 10.7. The van der Waals surface area contributed by atoms with E-state index in [4.69, 9.17) is 35.2 Å². The molecule has 0 aromatic heterocycles. The third-order valence-electron chi connectivity index (χ3n) is 6.23. The standard InChI is InChI=1S/C18H34N2O14/c19-7-11(25)10(24)6(31-16(7)29)3-30-17-8(20)12(26)15(5(2-22)33-17)34-18-14(28)13(27)9(23)4(1-21)32-18/h4-18,21-29H,1-3,19-20H2/t4-,5-,6-,7-,8-,9-,10-,11-,12-,13+,14+,15-,16?,17-,18+/m1/s1. The lowest BCUT2D eigenvalue weighted by Crippen LogP contribution is -2.67. The van der Waals surface area contributed by atoms with E-state index in [0.717, 1.165) is 0 Å². The van der Waals surface area contributed by atoms with Crippen molar-refractivity contribution in [2.45, 2.75) is 92.0 Å². The Morgan fingerprint density at radius 2 is 1.18 bits per heavy atom. The van der Waals surface area contributed by atoms with Crippen LogP contribution >= 0.6 is 0 Å². The second kappa shape index (κ2) is 11.6. The summed E-state index contributed by atoms with van der Waals surface area (Å²) in [6.07, 6.45) is -19.3. The molecule has 15 atom stereocenters. The normalized spacial score (nSPS) is 52.5. The fourth-order valence-corrected chi connectivity index (χ4v) is 4.03. The van der Waals surface area contributed by atoms with Gasteiger partial charge >= 0.3 is 0 Å². The highest BCUT2D eigenvalue weighted by Gasteiger charge is 2.51. The molecule has 200 valence electrons. The van der Waals surface area contributed by atoms with Crippen molar-refractivity contribution >= 4 is 0 Å². The highest BCUT2D eigenvalue weighted by molar-refractivity contribution is 4.96. The van der Waals surface area contributed by atoms with Crippen LogP contribution in [0.1, 0.15) is 0 Å². The molecule has 0 aromatic carbocycles. The van der Waals surface area contributed by atoms with Crippen LogP contribution in [0.5, 0.6) is 0 Å². The number of rotatable bonds is 7. The topological polar surface area (TPSA) is 280 Å². The quantitative estimate of drug-likeness (QED) is 0.154. The molecule has 0 bridgehead atoms. The van der Waals surface area contributed by atoms with Crippen LogP contribution in [-0.2, 0) is 23.7 Å². The van der Waals surface area contributed by atoms with E-state index in [-0.39, 0.29) is 0 Å². The van der Waals surface area contributed by atoms with Crippen LogP contribution in [0.15, 0.2) is 0 Å². The van der Waals surface area contributed by atoms with E-state index in [1.54, 1.807) is 0 Å². The number of ether oxygens (including phenoxy) is 5. The van der Waals surface area contributed by atoms with Gasteiger partial charge in [-0.2, -0.15) is 0 Å². The SMILES string of the molecule is N[C@H]1[C@H](OC[C@H]2OC(O)[C@H](N)[C@@H](O)[C@@H]2O)O[C@H](CO)[C@@H](O[C@@H]2O[C@H](CO)[C@@H](O)[C@H](O)[C@@H]2O)[C@@H]1O. The summed E-state index contributed by atoms with van der Waals surface area (Å²) in [5, 5.41) is 89.4. The maximum Gasteiger partial charge on any atom is 0.187 e. The fraction of sp³-hybridized carbons (Fsp3) is 1.00. The van der Waals surface area contributed by atoms with Gasteiger partial charge in [0.15, 0.2) is 18.9 Å². The van der Waals surface area contributed by atoms with Crippen molar-refractivity contribution in [3.63, 3.8) is 0 Å². The molecule has 0 aliphatic carbocycles. The average Bonchev–Trinajstić information content (AvgIpc) is 2.83. The van der Waals surface area contributed by atoms with Crippen LogP contribution in [0.2, 0.25) is 0 Å². The molecule has 3 aliphatic heterocycles. The first-order valence-corrected chi connectivity index (χ1v) is 10.7. The number of nitrogens with two attached hydrogens (primary N) is 2. The monoisotopic (exact) mass is 502 g/mol. The van der Waals surface area contributed by atoms with Crippen molar-refractivity contribution in [2.75, 3.05) is 19.8 Å². The largest absolute Gasteiger partial charge is 0.394 e. The van der Waals surface area contributed by atoms with Crippen LogP contribution in [0.4, 0.5) is 0 Å². The van der Waals surface area contributed by atoms with Gasteiger partial charge in [0.05, 0.1) is 31.9 Å². The van der Waals surface area contributed by atoms with Gasteiger partial charge in [-0.25, -0.2) is 0 Å². The average molecular weight is 502 g/mol. The fourth-order valence-electron chi connectivity index (χ4n) is 4.03. The Balaban J connectivity index is 1.63. The predicted molar refractivity (Wildman–Crippen MR) is 105 cm³/mol. The molecule has 0 aromatic rings. The van der Waals surface area contributed by atoms with Crippen LogP contribution in [0.25, 0.3) is 0 Å². The second-order valence-corrected chi connectivity index (χ2v) is 8.55. The summed E-state index contributed by atoms with van der Waals surface area (Å²) in [4.78, 5) is 0. The summed E-state index contributed by atoms with van der Waals surface area (Å²) in [5.41, 5.74) is 11.5. The van der Waals surface area contributed by atoms with Gasteiger partial charge < -0.3 is 81.1 Å². The predicted octanol–water partition coefficient (Wildman–Crippen LogP) is -7.64. The summed E-state index contributed by atoms with van der Waals surface area (Å²) in [7, 11) is 0. The highest BCUT2D eigenvalue weighted by atomic mass is 16.7. The number of aliphatic hydroxyl groups is 9. The molecular formula is C18H34N2O14. The van der Waals surface area contributed by atoms with Crippen molar-refractivity contribution in [1.29, 1.82) is 0 Å². The van der Waals surface area contributed by atoms with Gasteiger partial charge in [-0.1, -0.05) is 0 Å². The van der Waals surface area contributed by atoms with Gasteiger partial charge in [-0.15, -0.1) is 0 Å². The first-order chi connectivity index (χ1) is 16.0. The van der Waals surface area contributed by atoms with Crippen molar-refractivity contribution in [3.8, 4) is 0 Å². The lowest BCUT2D eigenvalue weighted by Gasteiger charge is -2.46. The lowest BCUT2D eigenvalue weighted by molar-refractivity contribution is -0.349. The van der Waals surface area contributed by atoms with Gasteiger partial charge in [0.25, 0.3) is 0 Å². The summed E-state index contributed by atoms with van der Waals surface area (Å²) < 4.78 is 26.9. The molecule has 13 N–H and O–H groups in total. The molecule has 0 amide bonds. The molecule has 0 radical (unpaired) electrons. The van der Waals surface area contributed by atoms with E-state index >= 15 is 0 Å². The maximum absolute atomic E-state index is 10.7. The van der Waals surface area contributed by atoms with Crippen molar-refractivity contribution in [1.82, 2.24) is 0 Å². The first kappa shape index (κ1) is 27.9. The molecule has 0 spiro atoms. The summed E-state index contributed by atoms with van der Waals surface area (Å²) in [6.45, 7) is -1.85. The molecule has 34 heavy (non-hydrogen) atoms. The zero-order chi connectivity index (χ0) is 25.3. The van der Waals surface area contributed by atoms with E-state index in [0.29, 0.717) is 0 Å². The molecule has 3 heterocycles. The van der Waals surface area contributed by atoms with E-state index in [1.807, 2.05) is 0 Å². The minimum Gasteiger partial charge on any atom is -0.394 e. The Morgan fingerprint density at radius 3 is 1.79 bits per heavy atom. The Kier molecular flexibility index (Phi) is 9.54. The molecular weight excluding hydrogens is 468 g/mol. The van der Waals surface area contributed by atoms with Crippen LogP contribution in [0, 0.1) is 0 Å². The highest BCUT2D eigenvalue weighted by Crippen LogP contribution is 2.29. The summed E-state index contributed by atoms with van der Waals surface area (Å²) in [5.74, 6) is 0. The van der Waals surface area contributed by atoms with Crippen LogP contribution in [0.3, 0.4) is 0 Å². The Labute approximate surface area is 193 Å². The van der Waals surface area contributed by atoms with Gasteiger partial charge in [0, 0.05) is 0 Å². The molecule has 16 heteroatoms. The van der Waals surface area contributed by atoms with Gasteiger partial charge in [-0.05, 0) is 0 Å². The van der Waals surface area contributed by atoms with Gasteiger partial charge in [0.1, 0.15) is 61.0 Å². The smallest absolute Gasteiger partial charge is 0.187 e. The number of hydrogen-bond donors (Lipinski definition) is 11. The Morgan fingerprint density at radius 1 is 0.588 bits per heavy atom. The summed E-state index contributed by atoms with van der Waals surface area (Å²) >= 11 is 0. The van der Waals surface area contributed by atoms with Crippen molar-refractivity contribution in [2.24, 2.45) is 11.5 Å². The molecule has 16 nitrogen and oxygen atoms in total. The first-order valence-electron chi connectivity index (χ1n) is 10.7. The molecule has 0 saturated carbocycles. The van der Waals surface area contributed by atoms with E-state index in [1.165, 1.54) is 0 Å². The number of hydrogen-bond acceptors (Lipinski definition) is 16. The van der Waals surface area contributed by atoms with E-state index in [9.17, 15) is 46.0 Å². The van der Waals surface area contributed by atoms with Gasteiger partial charge in [0.2, 0.25) is 0 Å². The molecule has 1 unspecified atom stereocenters. The zero-order valence-electron chi connectivity index (χ0n) is 18.0. The minimum absolute atomic E-state index is 0.441. The van der Waals surface area contributed by atoms with Crippen LogP contribution < -0.4 is 11.5 Å². The Hall–Kier alpha value is -0.640. The van der Waals surface area contributed by atoms with E-state index in [2.05, 4.69) is 0 Å².